The quantitative estimate of drug-likeness (QED) is 0.851. The van der Waals surface area contributed by atoms with Crippen LogP contribution in [-0.2, 0) is 0 Å². The molecule has 0 radical (unpaired) electrons. The molecule has 98 valence electrons. The van der Waals surface area contributed by atoms with Crippen LogP contribution >= 0.6 is 15.9 Å². The zero-order chi connectivity index (χ0) is 13.8. The number of nitrogens with two attached hydrogens (primary N) is 1. The highest BCUT2D eigenvalue weighted by Gasteiger charge is 2.14. The van der Waals surface area contributed by atoms with Crippen molar-refractivity contribution >= 4 is 27.5 Å². The SMILES string of the molecule is CC(NC(=O)c1cc(N)ccc1Br)c1ccccc1. The van der Waals surface area contributed by atoms with Crippen LogP contribution in [0.4, 0.5) is 5.69 Å². The molecule has 0 spiro atoms. The summed E-state index contributed by atoms with van der Waals surface area (Å²) < 4.78 is 0.736. The number of nitrogen functional groups attached to an aromatic ring is 1. The summed E-state index contributed by atoms with van der Waals surface area (Å²) in [6, 6.07) is 15.0. The van der Waals surface area contributed by atoms with E-state index in [0.717, 1.165) is 10.0 Å². The van der Waals surface area contributed by atoms with Crippen molar-refractivity contribution in [2.75, 3.05) is 5.73 Å². The number of halogens is 1. The maximum absolute atomic E-state index is 12.2. The third kappa shape index (κ3) is 3.35. The minimum atomic E-state index is -0.143. The lowest BCUT2D eigenvalue weighted by atomic mass is 10.1. The monoisotopic (exact) mass is 318 g/mol. The van der Waals surface area contributed by atoms with E-state index in [4.69, 9.17) is 5.73 Å². The first-order valence-corrected chi connectivity index (χ1v) is 6.78. The fraction of sp³-hybridized carbons (Fsp3) is 0.133. The molecule has 2 aromatic rings. The summed E-state index contributed by atoms with van der Waals surface area (Å²) in [5, 5.41) is 2.96. The first-order valence-electron chi connectivity index (χ1n) is 5.99. The van der Waals surface area contributed by atoms with Gasteiger partial charge in [0, 0.05) is 10.2 Å². The van der Waals surface area contributed by atoms with Crippen molar-refractivity contribution in [1.82, 2.24) is 5.32 Å². The van der Waals surface area contributed by atoms with E-state index in [1.807, 2.05) is 37.3 Å². The first-order chi connectivity index (χ1) is 9.08. The van der Waals surface area contributed by atoms with Crippen LogP contribution in [0.15, 0.2) is 53.0 Å². The molecule has 4 heteroatoms. The molecule has 0 aliphatic carbocycles. The van der Waals surface area contributed by atoms with Gasteiger partial charge in [0.2, 0.25) is 0 Å². The number of rotatable bonds is 3. The second-order valence-corrected chi connectivity index (χ2v) is 5.20. The van der Waals surface area contributed by atoms with Crippen LogP contribution in [0.25, 0.3) is 0 Å². The molecule has 0 bridgehead atoms. The molecule has 0 saturated heterocycles. The van der Waals surface area contributed by atoms with Crippen molar-refractivity contribution in [2.24, 2.45) is 0 Å². The van der Waals surface area contributed by atoms with Gasteiger partial charge in [-0.15, -0.1) is 0 Å². The molecule has 0 fully saturated rings. The zero-order valence-electron chi connectivity index (χ0n) is 10.6. The predicted octanol–water partition coefficient (Wildman–Crippen LogP) is 3.52. The summed E-state index contributed by atoms with van der Waals surface area (Å²) in [5.74, 6) is -0.143. The number of carbonyl (C=O) groups excluding carboxylic acids is 1. The smallest absolute Gasteiger partial charge is 0.252 e. The number of amides is 1. The molecule has 19 heavy (non-hydrogen) atoms. The second-order valence-electron chi connectivity index (χ2n) is 4.35. The molecular weight excluding hydrogens is 304 g/mol. The van der Waals surface area contributed by atoms with Gasteiger partial charge in [-0.25, -0.2) is 0 Å². The number of hydrogen-bond acceptors (Lipinski definition) is 2. The minimum absolute atomic E-state index is 0.0537. The highest BCUT2D eigenvalue weighted by atomic mass is 79.9. The number of benzene rings is 2. The maximum atomic E-state index is 12.2. The van der Waals surface area contributed by atoms with Crippen molar-refractivity contribution in [2.45, 2.75) is 13.0 Å². The van der Waals surface area contributed by atoms with Gasteiger partial charge in [-0.3, -0.25) is 4.79 Å². The van der Waals surface area contributed by atoms with Crippen molar-refractivity contribution in [1.29, 1.82) is 0 Å². The lowest BCUT2D eigenvalue weighted by Crippen LogP contribution is -2.27. The highest BCUT2D eigenvalue weighted by molar-refractivity contribution is 9.10. The van der Waals surface area contributed by atoms with Crippen LogP contribution in [-0.4, -0.2) is 5.91 Å². The lowest BCUT2D eigenvalue weighted by Gasteiger charge is -2.15. The van der Waals surface area contributed by atoms with E-state index in [1.54, 1.807) is 18.2 Å². The number of anilines is 1. The van der Waals surface area contributed by atoms with Crippen molar-refractivity contribution in [3.05, 3.63) is 64.1 Å². The molecule has 1 amide bonds. The molecule has 2 aromatic carbocycles. The zero-order valence-corrected chi connectivity index (χ0v) is 12.1. The van der Waals surface area contributed by atoms with Crippen LogP contribution in [0, 0.1) is 0 Å². The van der Waals surface area contributed by atoms with E-state index in [9.17, 15) is 4.79 Å². The van der Waals surface area contributed by atoms with E-state index < -0.39 is 0 Å². The Bertz CT molecular complexity index is 584. The molecule has 1 atom stereocenters. The highest BCUT2D eigenvalue weighted by Crippen LogP contribution is 2.21. The normalized spacial score (nSPS) is 11.9. The van der Waals surface area contributed by atoms with Gasteiger partial charge in [0.15, 0.2) is 0 Å². The van der Waals surface area contributed by atoms with Gasteiger partial charge in [-0.1, -0.05) is 30.3 Å². The predicted molar refractivity (Wildman–Crippen MR) is 80.9 cm³/mol. The average molecular weight is 319 g/mol. The summed E-state index contributed by atoms with van der Waals surface area (Å²) >= 11 is 3.36. The molecule has 0 saturated carbocycles. The maximum Gasteiger partial charge on any atom is 0.252 e. The molecule has 0 aromatic heterocycles. The van der Waals surface area contributed by atoms with Gasteiger partial charge in [0.25, 0.3) is 5.91 Å². The van der Waals surface area contributed by atoms with Crippen molar-refractivity contribution < 1.29 is 4.79 Å². The molecule has 3 nitrogen and oxygen atoms in total. The van der Waals surface area contributed by atoms with Crippen LogP contribution < -0.4 is 11.1 Å². The van der Waals surface area contributed by atoms with Gasteiger partial charge in [-0.2, -0.15) is 0 Å². The standard InChI is InChI=1S/C15H15BrN2O/c1-10(11-5-3-2-4-6-11)18-15(19)13-9-12(17)7-8-14(13)16/h2-10H,17H2,1H3,(H,18,19). The molecule has 0 aliphatic rings. The summed E-state index contributed by atoms with van der Waals surface area (Å²) in [5.41, 5.74) is 7.89. The topological polar surface area (TPSA) is 55.1 Å². The third-order valence-electron chi connectivity index (χ3n) is 2.88. The van der Waals surface area contributed by atoms with Gasteiger partial charge in [0.05, 0.1) is 11.6 Å². The van der Waals surface area contributed by atoms with E-state index in [0.29, 0.717) is 11.3 Å². The van der Waals surface area contributed by atoms with Gasteiger partial charge >= 0.3 is 0 Å². The number of hydrogen-bond donors (Lipinski definition) is 2. The Kier molecular flexibility index (Phi) is 4.22. The lowest BCUT2D eigenvalue weighted by molar-refractivity contribution is 0.0939. The van der Waals surface area contributed by atoms with Gasteiger partial charge in [0.1, 0.15) is 0 Å². The van der Waals surface area contributed by atoms with E-state index in [-0.39, 0.29) is 11.9 Å². The van der Waals surface area contributed by atoms with E-state index in [2.05, 4.69) is 21.2 Å². The minimum Gasteiger partial charge on any atom is -0.399 e. The molecule has 0 heterocycles. The van der Waals surface area contributed by atoms with Crippen molar-refractivity contribution in [3.63, 3.8) is 0 Å². The van der Waals surface area contributed by atoms with Crippen LogP contribution in [0.1, 0.15) is 28.9 Å². The molecule has 2 rings (SSSR count). The number of nitrogens with one attached hydrogen (secondary N) is 1. The third-order valence-corrected chi connectivity index (χ3v) is 3.57. The van der Waals surface area contributed by atoms with E-state index >= 15 is 0 Å². The fourth-order valence-electron chi connectivity index (χ4n) is 1.82. The Morgan fingerprint density at radius 1 is 1.21 bits per heavy atom. The molecule has 1 unspecified atom stereocenters. The Labute approximate surface area is 121 Å². The fourth-order valence-corrected chi connectivity index (χ4v) is 2.24. The molecule has 0 aliphatic heterocycles. The van der Waals surface area contributed by atoms with Gasteiger partial charge in [-0.05, 0) is 46.6 Å². The summed E-state index contributed by atoms with van der Waals surface area (Å²) in [4.78, 5) is 12.2. The second kappa shape index (κ2) is 5.89. The largest absolute Gasteiger partial charge is 0.399 e. The Morgan fingerprint density at radius 3 is 2.58 bits per heavy atom. The summed E-state index contributed by atoms with van der Waals surface area (Å²) in [7, 11) is 0. The van der Waals surface area contributed by atoms with Crippen LogP contribution in [0.2, 0.25) is 0 Å². The summed E-state index contributed by atoms with van der Waals surface area (Å²) in [6.07, 6.45) is 0. The van der Waals surface area contributed by atoms with Gasteiger partial charge < -0.3 is 11.1 Å². The Hall–Kier alpha value is -1.81. The number of carbonyl (C=O) groups is 1. The summed E-state index contributed by atoms with van der Waals surface area (Å²) in [6.45, 7) is 1.95. The molecule has 3 N–H and O–H groups in total. The van der Waals surface area contributed by atoms with Crippen molar-refractivity contribution in [3.8, 4) is 0 Å². The first kappa shape index (κ1) is 13.6. The van der Waals surface area contributed by atoms with Crippen LogP contribution in [0.3, 0.4) is 0 Å². The molecular formula is C15H15BrN2O. The Morgan fingerprint density at radius 2 is 1.89 bits per heavy atom. The van der Waals surface area contributed by atoms with Crippen LogP contribution in [0.5, 0.6) is 0 Å². The average Bonchev–Trinajstić information content (AvgIpc) is 2.42. The Balaban J connectivity index is 2.15. The van der Waals surface area contributed by atoms with E-state index in [1.165, 1.54) is 0 Å².